The normalized spacial score (nSPS) is 10.2. The molecule has 0 fully saturated rings. The molecule has 0 radical (unpaired) electrons. The molecule has 108 valence electrons. The predicted octanol–water partition coefficient (Wildman–Crippen LogP) is 3.24. The van der Waals surface area contributed by atoms with Crippen LogP contribution in [0, 0.1) is 6.92 Å². The second-order valence-electron chi connectivity index (χ2n) is 4.51. The largest absolute Gasteiger partial charge is 0.507 e. The molecule has 0 aliphatic rings. The second-order valence-corrected chi connectivity index (χ2v) is 5.39. The van der Waals surface area contributed by atoms with Crippen molar-refractivity contribution in [2.75, 3.05) is 5.32 Å². The zero-order valence-electron chi connectivity index (χ0n) is 11.2. The Morgan fingerprint density at radius 2 is 2.00 bits per heavy atom. The van der Waals surface area contributed by atoms with Crippen LogP contribution >= 0.6 is 23.8 Å². The van der Waals surface area contributed by atoms with Crippen molar-refractivity contribution in [3.63, 3.8) is 0 Å². The molecule has 0 unspecified atom stereocenters. The number of aryl methyl sites for hydroxylation is 1. The van der Waals surface area contributed by atoms with E-state index >= 15 is 0 Å². The molecule has 0 saturated carbocycles. The fraction of sp³-hybridized carbons (Fsp3) is 0.0667. The van der Waals surface area contributed by atoms with Crippen LogP contribution in [0.2, 0.25) is 5.02 Å². The molecule has 0 heterocycles. The Bertz CT molecular complexity index is 732. The van der Waals surface area contributed by atoms with Gasteiger partial charge in [0.2, 0.25) is 0 Å². The molecule has 21 heavy (non-hydrogen) atoms. The molecule has 0 aliphatic carbocycles. The van der Waals surface area contributed by atoms with Gasteiger partial charge in [0.1, 0.15) is 10.7 Å². The van der Waals surface area contributed by atoms with Crippen LogP contribution in [0.1, 0.15) is 21.5 Å². The van der Waals surface area contributed by atoms with Gasteiger partial charge in [0.15, 0.2) is 0 Å². The first-order valence-electron chi connectivity index (χ1n) is 6.09. The molecule has 6 heteroatoms. The van der Waals surface area contributed by atoms with Crippen molar-refractivity contribution < 1.29 is 9.90 Å². The molecule has 0 aromatic heterocycles. The number of benzene rings is 2. The van der Waals surface area contributed by atoms with Crippen molar-refractivity contribution in [1.82, 2.24) is 0 Å². The number of carbonyl (C=O) groups is 1. The molecule has 0 saturated heterocycles. The number of phenols is 1. The topological polar surface area (TPSA) is 75.3 Å². The summed E-state index contributed by atoms with van der Waals surface area (Å²) in [4.78, 5) is 12.5. The van der Waals surface area contributed by atoms with Gasteiger partial charge >= 0.3 is 0 Å². The molecule has 0 bridgehead atoms. The summed E-state index contributed by atoms with van der Waals surface area (Å²) < 4.78 is 0. The number of anilines is 1. The Balaban J connectivity index is 2.33. The maximum atomic E-state index is 12.2. The van der Waals surface area contributed by atoms with E-state index in [1.54, 1.807) is 12.1 Å². The van der Waals surface area contributed by atoms with Crippen LogP contribution in [0.5, 0.6) is 5.75 Å². The van der Waals surface area contributed by atoms with Gasteiger partial charge in [-0.3, -0.25) is 4.79 Å². The number of hydrogen-bond acceptors (Lipinski definition) is 3. The summed E-state index contributed by atoms with van der Waals surface area (Å²) in [5.74, 6) is -0.599. The van der Waals surface area contributed by atoms with Crippen molar-refractivity contribution in [1.29, 1.82) is 0 Å². The summed E-state index contributed by atoms with van der Waals surface area (Å²) in [5, 5.41) is 12.8. The van der Waals surface area contributed by atoms with Gasteiger partial charge in [-0.1, -0.05) is 36.0 Å². The highest BCUT2D eigenvalue weighted by Gasteiger charge is 2.13. The molecule has 4 nitrogen and oxygen atoms in total. The van der Waals surface area contributed by atoms with E-state index in [0.29, 0.717) is 16.3 Å². The van der Waals surface area contributed by atoms with Crippen molar-refractivity contribution in [2.24, 2.45) is 5.73 Å². The third-order valence-corrected chi connectivity index (χ3v) is 3.44. The first kappa shape index (κ1) is 15.3. The Morgan fingerprint density at radius 1 is 1.29 bits per heavy atom. The highest BCUT2D eigenvalue weighted by Crippen LogP contribution is 2.24. The fourth-order valence-electron chi connectivity index (χ4n) is 1.79. The summed E-state index contributed by atoms with van der Waals surface area (Å²) >= 11 is 10.8. The van der Waals surface area contributed by atoms with Gasteiger partial charge in [0.05, 0.1) is 5.56 Å². The molecule has 0 spiro atoms. The van der Waals surface area contributed by atoms with Gasteiger partial charge in [-0.25, -0.2) is 0 Å². The van der Waals surface area contributed by atoms with Crippen molar-refractivity contribution in [2.45, 2.75) is 6.92 Å². The van der Waals surface area contributed by atoms with Crippen LogP contribution in [0.15, 0.2) is 36.4 Å². The molecule has 2 aromatic carbocycles. The Labute approximate surface area is 132 Å². The summed E-state index contributed by atoms with van der Waals surface area (Å²) in [6.07, 6.45) is 0. The third-order valence-electron chi connectivity index (χ3n) is 2.97. The Kier molecular flexibility index (Phi) is 4.45. The maximum absolute atomic E-state index is 12.2. The van der Waals surface area contributed by atoms with Gasteiger partial charge in [0, 0.05) is 16.3 Å². The standard InChI is InChI=1S/C15H13ClN2O2S/c1-8-2-3-9(14(17)21)6-12(8)18-15(20)11-7-10(16)4-5-13(11)19/h2-7,19H,1H3,(H2,17,21)(H,18,20). The second kappa shape index (κ2) is 6.11. The van der Waals surface area contributed by atoms with E-state index in [-0.39, 0.29) is 16.3 Å². The summed E-state index contributed by atoms with van der Waals surface area (Å²) in [6.45, 7) is 1.84. The van der Waals surface area contributed by atoms with E-state index in [2.05, 4.69) is 5.32 Å². The smallest absolute Gasteiger partial charge is 0.259 e. The van der Waals surface area contributed by atoms with E-state index in [1.165, 1.54) is 18.2 Å². The summed E-state index contributed by atoms with van der Waals surface area (Å²) in [5.41, 5.74) is 7.76. The fourth-order valence-corrected chi connectivity index (χ4v) is 2.09. The van der Waals surface area contributed by atoms with E-state index in [0.717, 1.165) is 5.56 Å². The number of rotatable bonds is 3. The predicted molar refractivity (Wildman–Crippen MR) is 88.1 cm³/mol. The SMILES string of the molecule is Cc1ccc(C(N)=S)cc1NC(=O)c1cc(Cl)ccc1O. The van der Waals surface area contributed by atoms with Crippen LogP contribution in [0.4, 0.5) is 5.69 Å². The number of aromatic hydroxyl groups is 1. The zero-order valence-corrected chi connectivity index (χ0v) is 12.8. The molecular formula is C15H13ClN2O2S. The van der Waals surface area contributed by atoms with E-state index < -0.39 is 5.91 Å². The minimum atomic E-state index is -0.460. The lowest BCUT2D eigenvalue weighted by atomic mass is 10.1. The molecule has 2 rings (SSSR count). The highest BCUT2D eigenvalue weighted by molar-refractivity contribution is 7.80. The van der Waals surface area contributed by atoms with Crippen molar-refractivity contribution in [3.8, 4) is 5.75 Å². The number of thiocarbonyl (C=S) groups is 1. The molecule has 2 aromatic rings. The molecule has 4 N–H and O–H groups in total. The molecule has 1 amide bonds. The number of nitrogens with one attached hydrogen (secondary N) is 1. The van der Waals surface area contributed by atoms with Crippen LogP contribution in [0.3, 0.4) is 0 Å². The number of amides is 1. The lowest BCUT2D eigenvalue weighted by Gasteiger charge is -2.11. The lowest BCUT2D eigenvalue weighted by molar-refractivity contribution is 0.102. The van der Waals surface area contributed by atoms with Crippen molar-refractivity contribution in [3.05, 3.63) is 58.1 Å². The minimum Gasteiger partial charge on any atom is -0.507 e. The van der Waals surface area contributed by atoms with Crippen LogP contribution < -0.4 is 11.1 Å². The van der Waals surface area contributed by atoms with Crippen molar-refractivity contribution >= 4 is 40.4 Å². The number of phenolic OH excluding ortho intramolecular Hbond substituents is 1. The van der Waals surface area contributed by atoms with Gasteiger partial charge in [0.25, 0.3) is 5.91 Å². The maximum Gasteiger partial charge on any atom is 0.259 e. The van der Waals surface area contributed by atoms with Crippen LogP contribution in [-0.4, -0.2) is 16.0 Å². The van der Waals surface area contributed by atoms with Crippen LogP contribution in [-0.2, 0) is 0 Å². The third kappa shape index (κ3) is 3.51. The average molecular weight is 321 g/mol. The highest BCUT2D eigenvalue weighted by atomic mass is 35.5. The zero-order chi connectivity index (χ0) is 15.6. The Morgan fingerprint density at radius 3 is 2.67 bits per heavy atom. The quantitative estimate of drug-likeness (QED) is 0.759. The van der Waals surface area contributed by atoms with E-state index in [4.69, 9.17) is 29.6 Å². The van der Waals surface area contributed by atoms with E-state index in [9.17, 15) is 9.90 Å². The van der Waals surface area contributed by atoms with Gasteiger partial charge in [-0.2, -0.15) is 0 Å². The number of carbonyl (C=O) groups excluding carboxylic acids is 1. The first-order chi connectivity index (χ1) is 9.88. The van der Waals surface area contributed by atoms with Gasteiger partial charge in [-0.15, -0.1) is 0 Å². The van der Waals surface area contributed by atoms with Gasteiger partial charge < -0.3 is 16.2 Å². The average Bonchev–Trinajstić information content (AvgIpc) is 2.43. The number of hydrogen-bond donors (Lipinski definition) is 3. The van der Waals surface area contributed by atoms with Gasteiger partial charge in [-0.05, 0) is 36.8 Å². The molecular weight excluding hydrogens is 308 g/mol. The summed E-state index contributed by atoms with van der Waals surface area (Å²) in [7, 11) is 0. The molecule has 0 aliphatic heterocycles. The minimum absolute atomic E-state index is 0.0997. The summed E-state index contributed by atoms with van der Waals surface area (Å²) in [6, 6.07) is 9.56. The molecule has 0 atom stereocenters. The van der Waals surface area contributed by atoms with E-state index in [1.807, 2.05) is 13.0 Å². The number of halogens is 1. The number of nitrogens with two attached hydrogens (primary N) is 1. The monoisotopic (exact) mass is 320 g/mol. The van der Waals surface area contributed by atoms with Crippen LogP contribution in [0.25, 0.3) is 0 Å². The first-order valence-corrected chi connectivity index (χ1v) is 6.87. The lowest BCUT2D eigenvalue weighted by Crippen LogP contribution is -2.15. The Hall–Kier alpha value is -2.11.